The Hall–Kier alpha value is -3.48. The van der Waals surface area contributed by atoms with E-state index in [0.717, 1.165) is 29.0 Å². The molecular weight excluding hydrogens is 370 g/mol. The minimum absolute atomic E-state index is 0.125. The van der Waals surface area contributed by atoms with Crippen molar-refractivity contribution in [3.8, 4) is 0 Å². The van der Waals surface area contributed by atoms with E-state index in [9.17, 15) is 19.2 Å². The van der Waals surface area contributed by atoms with Crippen LogP contribution in [0.5, 0.6) is 0 Å². The van der Waals surface area contributed by atoms with E-state index < -0.39 is 5.91 Å². The number of benzene rings is 2. The fourth-order valence-electron chi connectivity index (χ4n) is 3.70. The van der Waals surface area contributed by atoms with Gasteiger partial charge in [0.25, 0.3) is 17.7 Å². The number of nitrogens with zero attached hydrogens (tertiary/aromatic N) is 2. The first kappa shape index (κ1) is 18.9. The molecule has 2 aromatic carbocycles. The van der Waals surface area contributed by atoms with E-state index in [1.54, 1.807) is 11.0 Å². The first-order chi connectivity index (χ1) is 14.0. The number of nitrogens with one attached hydrogen (secondary N) is 1. The van der Waals surface area contributed by atoms with Crippen molar-refractivity contribution in [2.24, 2.45) is 0 Å². The van der Waals surface area contributed by atoms with Gasteiger partial charge < -0.3 is 10.2 Å². The lowest BCUT2D eigenvalue weighted by Gasteiger charge is -2.27. The molecule has 0 radical (unpaired) electrons. The number of piperidine rings is 1. The zero-order valence-electron chi connectivity index (χ0n) is 16.1. The lowest BCUT2D eigenvalue weighted by molar-refractivity contribution is -0.119. The highest BCUT2D eigenvalue weighted by atomic mass is 16.2. The van der Waals surface area contributed by atoms with Crippen molar-refractivity contribution in [1.29, 1.82) is 0 Å². The molecule has 4 rings (SSSR count). The number of hydrogen-bond donors (Lipinski definition) is 1. The zero-order chi connectivity index (χ0) is 20.5. The summed E-state index contributed by atoms with van der Waals surface area (Å²) < 4.78 is 0. The third-order valence-electron chi connectivity index (χ3n) is 5.35. The average molecular weight is 391 g/mol. The molecule has 2 aliphatic rings. The summed E-state index contributed by atoms with van der Waals surface area (Å²) in [4.78, 5) is 51.6. The fourth-order valence-corrected chi connectivity index (χ4v) is 3.70. The summed E-state index contributed by atoms with van der Waals surface area (Å²) in [5.41, 5.74) is 2.60. The number of fused-ring (bicyclic) bond motifs is 1. The molecule has 0 spiro atoms. The van der Waals surface area contributed by atoms with E-state index >= 15 is 0 Å². The van der Waals surface area contributed by atoms with Crippen molar-refractivity contribution in [2.75, 3.05) is 18.5 Å². The Morgan fingerprint density at radius 3 is 2.59 bits per heavy atom. The van der Waals surface area contributed by atoms with Gasteiger partial charge in [-0.2, -0.15) is 0 Å². The highest BCUT2D eigenvalue weighted by Gasteiger charge is 2.33. The summed E-state index contributed by atoms with van der Waals surface area (Å²) in [6, 6.07) is 12.1. The minimum atomic E-state index is -0.404. The van der Waals surface area contributed by atoms with Crippen LogP contribution >= 0.6 is 0 Å². The molecule has 2 aliphatic heterocycles. The molecule has 1 N–H and O–H groups in total. The van der Waals surface area contributed by atoms with Crippen LogP contribution in [0.25, 0.3) is 0 Å². The van der Waals surface area contributed by atoms with Crippen LogP contribution in [0.3, 0.4) is 0 Å². The quantitative estimate of drug-likeness (QED) is 0.811. The van der Waals surface area contributed by atoms with Crippen LogP contribution in [0.1, 0.15) is 55.9 Å². The van der Waals surface area contributed by atoms with Gasteiger partial charge in [-0.15, -0.1) is 0 Å². The molecule has 0 atom stereocenters. The van der Waals surface area contributed by atoms with Gasteiger partial charge in [-0.1, -0.05) is 12.1 Å². The summed E-state index contributed by atoms with van der Waals surface area (Å²) in [5.74, 6) is -0.971. The fraction of sp³-hybridized carbons (Fsp3) is 0.273. The van der Waals surface area contributed by atoms with Gasteiger partial charge in [0.15, 0.2) is 0 Å². The Morgan fingerprint density at radius 1 is 1.00 bits per heavy atom. The second-order valence-electron chi connectivity index (χ2n) is 7.28. The molecule has 2 aromatic rings. The van der Waals surface area contributed by atoms with Crippen LogP contribution < -0.4 is 10.2 Å². The van der Waals surface area contributed by atoms with E-state index in [4.69, 9.17) is 0 Å². The van der Waals surface area contributed by atoms with Gasteiger partial charge in [0.05, 0.1) is 11.1 Å². The van der Waals surface area contributed by atoms with Gasteiger partial charge in [-0.05, 0) is 48.7 Å². The Morgan fingerprint density at radius 2 is 1.79 bits per heavy atom. The maximum absolute atomic E-state index is 12.5. The lowest BCUT2D eigenvalue weighted by atomic mass is 10.1. The predicted molar refractivity (Wildman–Crippen MR) is 107 cm³/mol. The smallest absolute Gasteiger partial charge is 0.261 e. The largest absolute Gasteiger partial charge is 0.348 e. The number of carbonyl (C=O) groups excluding carboxylic acids is 4. The van der Waals surface area contributed by atoms with Gasteiger partial charge in [0.2, 0.25) is 5.91 Å². The number of carbonyl (C=O) groups is 4. The molecule has 0 aliphatic carbocycles. The summed E-state index contributed by atoms with van der Waals surface area (Å²) in [5, 5.41) is 2.83. The van der Waals surface area contributed by atoms with Crippen LogP contribution in [0.15, 0.2) is 42.5 Å². The second kappa shape index (κ2) is 7.50. The topological polar surface area (TPSA) is 86.8 Å². The Balaban J connectivity index is 1.46. The maximum atomic E-state index is 12.5. The van der Waals surface area contributed by atoms with Crippen molar-refractivity contribution >= 4 is 29.3 Å². The summed E-state index contributed by atoms with van der Waals surface area (Å²) >= 11 is 0. The predicted octanol–water partition coefficient (Wildman–Crippen LogP) is 2.36. The van der Waals surface area contributed by atoms with Gasteiger partial charge in [-0.25, -0.2) is 0 Å². The third-order valence-corrected chi connectivity index (χ3v) is 5.35. The van der Waals surface area contributed by atoms with E-state index in [1.807, 2.05) is 24.3 Å². The van der Waals surface area contributed by atoms with E-state index in [2.05, 4.69) is 5.32 Å². The molecule has 0 aromatic heterocycles. The molecule has 7 heteroatoms. The molecule has 1 fully saturated rings. The van der Waals surface area contributed by atoms with Crippen LogP contribution in [-0.2, 0) is 11.3 Å². The second-order valence-corrected chi connectivity index (χ2v) is 7.28. The molecule has 0 saturated carbocycles. The van der Waals surface area contributed by atoms with Crippen molar-refractivity contribution in [2.45, 2.75) is 25.8 Å². The molecule has 29 heavy (non-hydrogen) atoms. The number of imide groups is 1. The summed E-state index contributed by atoms with van der Waals surface area (Å²) in [6.07, 6.45) is 2.48. The van der Waals surface area contributed by atoms with E-state index in [-0.39, 0.29) is 23.3 Å². The molecule has 2 heterocycles. The van der Waals surface area contributed by atoms with Crippen molar-refractivity contribution in [1.82, 2.24) is 10.2 Å². The zero-order valence-corrected chi connectivity index (χ0v) is 16.1. The van der Waals surface area contributed by atoms with Gasteiger partial charge in [0, 0.05) is 37.8 Å². The highest BCUT2D eigenvalue weighted by molar-refractivity contribution is 6.21. The number of amides is 4. The number of hydrogen-bond acceptors (Lipinski definition) is 4. The first-order valence-corrected chi connectivity index (χ1v) is 9.59. The van der Waals surface area contributed by atoms with Gasteiger partial charge >= 0.3 is 0 Å². The molecule has 4 amide bonds. The SMILES string of the molecule is CN1C(=O)c2ccc(C(=O)NCc3cccc(N4CCCCC4=O)c3)cc2C1=O. The molecular formula is C22H21N3O4. The van der Waals surface area contributed by atoms with Crippen LogP contribution in [0.2, 0.25) is 0 Å². The van der Waals surface area contributed by atoms with Crippen LogP contribution in [0.4, 0.5) is 5.69 Å². The Labute approximate surface area is 168 Å². The van der Waals surface area contributed by atoms with E-state index in [0.29, 0.717) is 30.6 Å². The first-order valence-electron chi connectivity index (χ1n) is 9.59. The standard InChI is InChI=1S/C22H21N3O4/c1-24-21(28)17-9-8-15(12-18(17)22(24)29)20(27)23-13-14-5-4-6-16(11-14)25-10-3-2-7-19(25)26/h4-6,8-9,11-12H,2-3,7,10,13H2,1H3,(H,23,27). The van der Waals surface area contributed by atoms with Gasteiger partial charge in [-0.3, -0.25) is 24.1 Å². The highest BCUT2D eigenvalue weighted by Crippen LogP contribution is 2.24. The minimum Gasteiger partial charge on any atom is -0.348 e. The molecule has 148 valence electrons. The van der Waals surface area contributed by atoms with Crippen molar-refractivity contribution in [3.05, 3.63) is 64.7 Å². The monoisotopic (exact) mass is 391 g/mol. The molecule has 1 saturated heterocycles. The Bertz CT molecular complexity index is 1030. The average Bonchev–Trinajstić information content (AvgIpc) is 2.96. The van der Waals surface area contributed by atoms with Crippen LogP contribution in [-0.4, -0.2) is 42.1 Å². The van der Waals surface area contributed by atoms with Crippen molar-refractivity contribution < 1.29 is 19.2 Å². The van der Waals surface area contributed by atoms with Crippen LogP contribution in [0, 0.1) is 0 Å². The lowest BCUT2D eigenvalue weighted by Crippen LogP contribution is -2.35. The normalized spacial score (nSPS) is 16.2. The number of anilines is 1. The third kappa shape index (κ3) is 3.51. The molecule has 0 bridgehead atoms. The van der Waals surface area contributed by atoms with Crippen molar-refractivity contribution in [3.63, 3.8) is 0 Å². The summed E-state index contributed by atoms with van der Waals surface area (Å²) in [7, 11) is 1.42. The van der Waals surface area contributed by atoms with E-state index in [1.165, 1.54) is 19.2 Å². The summed E-state index contributed by atoms with van der Waals surface area (Å²) in [6.45, 7) is 1.00. The van der Waals surface area contributed by atoms with Gasteiger partial charge in [0.1, 0.15) is 0 Å². The molecule has 7 nitrogen and oxygen atoms in total. The number of rotatable bonds is 4. The molecule has 0 unspecified atom stereocenters. The Kier molecular flexibility index (Phi) is 4.88. The maximum Gasteiger partial charge on any atom is 0.261 e.